The first-order valence-electron chi connectivity index (χ1n) is 12.6. The lowest BCUT2D eigenvalue weighted by Gasteiger charge is -2.26. The molecular formula is C31H33NO7. The van der Waals surface area contributed by atoms with E-state index in [4.69, 9.17) is 18.9 Å². The van der Waals surface area contributed by atoms with Crippen LogP contribution in [0.15, 0.2) is 66.2 Å². The second-order valence-electron chi connectivity index (χ2n) is 9.50. The summed E-state index contributed by atoms with van der Waals surface area (Å²) in [6.07, 6.45) is 0. The van der Waals surface area contributed by atoms with E-state index in [0.717, 1.165) is 11.1 Å². The number of ketones is 1. The molecule has 0 aliphatic carbocycles. The smallest absolute Gasteiger partial charge is 0.295 e. The highest BCUT2D eigenvalue weighted by atomic mass is 16.5. The molecule has 1 aliphatic rings. The molecule has 8 heteroatoms. The Labute approximate surface area is 228 Å². The Morgan fingerprint density at radius 2 is 1.54 bits per heavy atom. The number of Topliss-reactive ketones (excluding diaryl/α,β-unsaturated/α-hetero) is 1. The van der Waals surface area contributed by atoms with Crippen LogP contribution in [-0.4, -0.2) is 50.1 Å². The summed E-state index contributed by atoms with van der Waals surface area (Å²) in [5, 5.41) is 11.5. The number of amides is 1. The molecule has 204 valence electrons. The quantitative estimate of drug-likeness (QED) is 0.222. The maximum Gasteiger partial charge on any atom is 0.295 e. The Morgan fingerprint density at radius 1 is 0.846 bits per heavy atom. The van der Waals surface area contributed by atoms with Crippen LogP contribution >= 0.6 is 0 Å². The van der Waals surface area contributed by atoms with Crippen molar-refractivity contribution in [3.8, 4) is 23.0 Å². The van der Waals surface area contributed by atoms with E-state index >= 15 is 0 Å². The molecule has 1 amide bonds. The van der Waals surface area contributed by atoms with Gasteiger partial charge in [-0.05, 0) is 65.1 Å². The molecule has 8 nitrogen and oxygen atoms in total. The van der Waals surface area contributed by atoms with Crippen LogP contribution in [0, 0.1) is 0 Å². The van der Waals surface area contributed by atoms with E-state index in [0.29, 0.717) is 34.1 Å². The van der Waals surface area contributed by atoms with Gasteiger partial charge in [0, 0.05) is 12.1 Å². The van der Waals surface area contributed by atoms with E-state index in [9.17, 15) is 14.7 Å². The lowest BCUT2D eigenvalue weighted by molar-refractivity contribution is -0.140. The van der Waals surface area contributed by atoms with Crippen molar-refractivity contribution in [1.29, 1.82) is 0 Å². The van der Waals surface area contributed by atoms with Gasteiger partial charge in [-0.2, -0.15) is 0 Å². The number of benzene rings is 3. The average Bonchev–Trinajstić information content (AvgIpc) is 3.21. The fourth-order valence-corrected chi connectivity index (χ4v) is 4.87. The third-order valence-corrected chi connectivity index (χ3v) is 6.88. The van der Waals surface area contributed by atoms with Crippen LogP contribution in [0.25, 0.3) is 5.76 Å². The van der Waals surface area contributed by atoms with Gasteiger partial charge in [0.05, 0.1) is 40.1 Å². The van der Waals surface area contributed by atoms with Gasteiger partial charge < -0.3 is 29.0 Å². The molecule has 0 bridgehead atoms. The highest BCUT2D eigenvalue weighted by Crippen LogP contribution is 2.42. The Morgan fingerprint density at radius 3 is 2.18 bits per heavy atom. The second kappa shape index (κ2) is 11.5. The molecule has 0 spiro atoms. The van der Waals surface area contributed by atoms with Crippen molar-refractivity contribution in [2.45, 2.75) is 32.4 Å². The predicted octanol–water partition coefficient (Wildman–Crippen LogP) is 5.47. The number of carbonyl (C=O) groups excluding carboxylic acids is 2. The molecular weight excluding hydrogens is 498 g/mol. The minimum atomic E-state index is -0.849. The summed E-state index contributed by atoms with van der Waals surface area (Å²) in [6, 6.07) is 16.8. The zero-order valence-corrected chi connectivity index (χ0v) is 23.0. The number of aliphatic hydroxyl groups excluding tert-OH is 1. The average molecular weight is 532 g/mol. The third kappa shape index (κ3) is 5.27. The molecule has 3 aromatic carbocycles. The zero-order valence-electron chi connectivity index (χ0n) is 23.0. The van der Waals surface area contributed by atoms with E-state index in [1.54, 1.807) is 69.9 Å². The number of ether oxygens (including phenoxy) is 4. The minimum absolute atomic E-state index is 0.00797. The lowest BCUT2D eigenvalue weighted by Crippen LogP contribution is -2.29. The Hall–Kier alpha value is -4.46. The van der Waals surface area contributed by atoms with Crippen molar-refractivity contribution in [2.75, 3.05) is 28.4 Å². The number of methoxy groups -OCH3 is 4. The van der Waals surface area contributed by atoms with Gasteiger partial charge in [-0.25, -0.2) is 0 Å². The summed E-state index contributed by atoms with van der Waals surface area (Å²) < 4.78 is 21.7. The number of hydrogen-bond acceptors (Lipinski definition) is 7. The van der Waals surface area contributed by atoms with E-state index in [-0.39, 0.29) is 23.8 Å². The van der Waals surface area contributed by atoms with Gasteiger partial charge in [-0.15, -0.1) is 0 Å². The van der Waals surface area contributed by atoms with Crippen molar-refractivity contribution < 1.29 is 33.6 Å². The number of rotatable bonds is 9. The fourth-order valence-electron chi connectivity index (χ4n) is 4.87. The van der Waals surface area contributed by atoms with Gasteiger partial charge in [-0.1, -0.05) is 32.0 Å². The standard InChI is InChI=1S/C31H33NO7/c1-18(2)23-16-21(11-13-24(23)37-4)29(33)27-28(20-8-7-9-22(15-20)36-3)32(31(35)30(27)34)17-19-10-12-25(38-5)26(14-19)39-6/h7-16,18,28,33H,17H2,1-6H3/b29-27-. The molecule has 4 rings (SSSR count). The first kappa shape index (κ1) is 27.6. The van der Waals surface area contributed by atoms with Crippen LogP contribution in [0.3, 0.4) is 0 Å². The van der Waals surface area contributed by atoms with Crippen LogP contribution in [0.1, 0.15) is 48.1 Å². The van der Waals surface area contributed by atoms with E-state index in [1.165, 1.54) is 12.0 Å². The molecule has 1 aliphatic heterocycles. The van der Waals surface area contributed by atoms with Crippen molar-refractivity contribution in [3.63, 3.8) is 0 Å². The predicted molar refractivity (Wildman–Crippen MR) is 147 cm³/mol. The SMILES string of the molecule is COc1cccc(C2/C(=C(/O)c3ccc(OC)c(C(C)C)c3)C(=O)C(=O)N2Cc2ccc(OC)c(OC)c2)c1. The monoisotopic (exact) mass is 531 g/mol. The van der Waals surface area contributed by atoms with Crippen molar-refractivity contribution in [2.24, 2.45) is 0 Å². The van der Waals surface area contributed by atoms with Crippen molar-refractivity contribution in [3.05, 3.63) is 88.5 Å². The first-order valence-corrected chi connectivity index (χ1v) is 12.6. The van der Waals surface area contributed by atoms with Crippen molar-refractivity contribution >= 4 is 17.4 Å². The molecule has 1 fully saturated rings. The zero-order chi connectivity index (χ0) is 28.3. The Bertz CT molecular complexity index is 1430. The van der Waals surface area contributed by atoms with Crippen LogP contribution < -0.4 is 18.9 Å². The molecule has 1 heterocycles. The van der Waals surface area contributed by atoms with Crippen molar-refractivity contribution in [1.82, 2.24) is 4.90 Å². The lowest BCUT2D eigenvalue weighted by atomic mass is 9.93. The highest BCUT2D eigenvalue weighted by Gasteiger charge is 2.46. The van der Waals surface area contributed by atoms with E-state index < -0.39 is 17.7 Å². The fraction of sp³-hybridized carbons (Fsp3) is 0.290. The summed E-state index contributed by atoms with van der Waals surface area (Å²) in [5.41, 5.74) is 2.67. The highest BCUT2D eigenvalue weighted by molar-refractivity contribution is 6.46. The topological polar surface area (TPSA) is 94.5 Å². The summed E-state index contributed by atoms with van der Waals surface area (Å²) in [6.45, 7) is 4.13. The molecule has 1 unspecified atom stereocenters. The second-order valence-corrected chi connectivity index (χ2v) is 9.50. The Balaban J connectivity index is 1.88. The van der Waals surface area contributed by atoms with Crippen LogP contribution in [-0.2, 0) is 16.1 Å². The number of hydrogen-bond donors (Lipinski definition) is 1. The largest absolute Gasteiger partial charge is 0.507 e. The normalized spacial score (nSPS) is 16.5. The van der Waals surface area contributed by atoms with Crippen LogP contribution in [0.4, 0.5) is 0 Å². The number of nitrogens with zero attached hydrogens (tertiary/aromatic N) is 1. The van der Waals surface area contributed by atoms with E-state index in [2.05, 4.69) is 0 Å². The van der Waals surface area contributed by atoms with Crippen LogP contribution in [0.2, 0.25) is 0 Å². The maximum atomic E-state index is 13.5. The van der Waals surface area contributed by atoms with Gasteiger partial charge in [0.25, 0.3) is 11.7 Å². The maximum absolute atomic E-state index is 13.5. The molecule has 3 aromatic rings. The molecule has 0 aromatic heterocycles. The number of carbonyl (C=O) groups is 2. The third-order valence-electron chi connectivity index (χ3n) is 6.88. The van der Waals surface area contributed by atoms with Gasteiger partial charge in [-0.3, -0.25) is 9.59 Å². The van der Waals surface area contributed by atoms with Gasteiger partial charge in [0.1, 0.15) is 17.3 Å². The Kier molecular flexibility index (Phi) is 8.14. The van der Waals surface area contributed by atoms with Gasteiger partial charge in [0.2, 0.25) is 0 Å². The molecule has 1 atom stereocenters. The van der Waals surface area contributed by atoms with Gasteiger partial charge in [0.15, 0.2) is 11.5 Å². The van der Waals surface area contributed by atoms with Crippen LogP contribution in [0.5, 0.6) is 23.0 Å². The molecule has 39 heavy (non-hydrogen) atoms. The number of aliphatic hydroxyl groups is 1. The summed E-state index contributed by atoms with van der Waals surface area (Å²) in [5.74, 6) is 0.682. The summed E-state index contributed by atoms with van der Waals surface area (Å²) >= 11 is 0. The van der Waals surface area contributed by atoms with Gasteiger partial charge >= 0.3 is 0 Å². The number of likely N-dealkylation sites (tertiary alicyclic amines) is 1. The van der Waals surface area contributed by atoms with E-state index in [1.807, 2.05) is 26.0 Å². The molecule has 1 saturated heterocycles. The summed E-state index contributed by atoms with van der Waals surface area (Å²) in [7, 11) is 6.21. The molecule has 1 N–H and O–H groups in total. The minimum Gasteiger partial charge on any atom is -0.507 e. The summed E-state index contributed by atoms with van der Waals surface area (Å²) in [4.78, 5) is 28.4. The molecule has 0 saturated carbocycles. The molecule has 0 radical (unpaired) electrons. The first-order chi connectivity index (χ1) is 18.7.